The van der Waals surface area contributed by atoms with E-state index in [1.807, 2.05) is 0 Å². The predicted octanol–water partition coefficient (Wildman–Crippen LogP) is 1.57. The minimum absolute atomic E-state index is 0. The lowest BCUT2D eigenvalue weighted by Gasteiger charge is -2.13. The molecule has 0 aliphatic heterocycles. The molecular weight excluding hydrogens is 256 g/mol. The largest absolute Gasteiger partial charge is 0.494 e. The molecule has 0 amide bonds. The van der Waals surface area contributed by atoms with Crippen molar-refractivity contribution in [3.8, 4) is 5.75 Å². The number of rotatable bonds is 3. The lowest BCUT2D eigenvalue weighted by atomic mass is 10.1. The molecule has 0 heterocycles. The molecule has 7 heteroatoms. The van der Waals surface area contributed by atoms with Gasteiger partial charge in [0, 0.05) is 0 Å². The second kappa shape index (κ2) is 6.36. The summed E-state index contributed by atoms with van der Waals surface area (Å²) < 4.78 is 35.9. The van der Waals surface area contributed by atoms with Crippen LogP contribution in [0.15, 0.2) is 12.1 Å². The molecule has 1 atom stereocenters. The summed E-state index contributed by atoms with van der Waals surface area (Å²) in [7, 11) is 2.31. The monoisotopic (exact) mass is 267 g/mol. The first-order valence-electron chi connectivity index (χ1n) is 4.38. The quantitative estimate of drug-likeness (QED) is 0.845. The zero-order chi connectivity index (χ0) is 12.3. The minimum Gasteiger partial charge on any atom is -0.494 e. The average Bonchev–Trinajstić information content (AvgIpc) is 2.28. The molecule has 0 aromatic heterocycles. The van der Waals surface area contributed by atoms with Crippen LogP contribution < -0.4 is 10.5 Å². The van der Waals surface area contributed by atoms with Gasteiger partial charge in [0.15, 0.2) is 11.6 Å². The molecule has 1 aromatic rings. The van der Waals surface area contributed by atoms with Crippen LogP contribution in [0.2, 0.25) is 0 Å². The highest BCUT2D eigenvalue weighted by molar-refractivity contribution is 5.85. The highest BCUT2D eigenvalue weighted by Gasteiger charge is 2.26. The Labute approximate surface area is 103 Å². The lowest BCUT2D eigenvalue weighted by Crippen LogP contribution is -2.25. The summed E-state index contributed by atoms with van der Waals surface area (Å²) in [6.07, 6.45) is 0. The third-order valence-electron chi connectivity index (χ3n) is 2.08. The number of carbonyl (C=O) groups is 1. The molecule has 1 aromatic carbocycles. The Morgan fingerprint density at radius 2 is 1.94 bits per heavy atom. The van der Waals surface area contributed by atoms with Crippen LogP contribution in [0.4, 0.5) is 8.78 Å². The molecule has 0 saturated carbocycles. The third-order valence-corrected chi connectivity index (χ3v) is 2.08. The Bertz CT molecular complexity index is 415. The maximum Gasteiger partial charge on any atom is 0.327 e. The fourth-order valence-electron chi connectivity index (χ4n) is 1.24. The number of ether oxygens (including phenoxy) is 2. The van der Waals surface area contributed by atoms with Crippen molar-refractivity contribution in [1.82, 2.24) is 0 Å². The topological polar surface area (TPSA) is 61.5 Å². The van der Waals surface area contributed by atoms with E-state index in [9.17, 15) is 13.6 Å². The third kappa shape index (κ3) is 3.04. The van der Waals surface area contributed by atoms with Crippen LogP contribution in [-0.4, -0.2) is 20.2 Å². The van der Waals surface area contributed by atoms with E-state index in [1.165, 1.54) is 7.11 Å². The van der Waals surface area contributed by atoms with E-state index in [-0.39, 0.29) is 18.2 Å². The second-order valence-electron chi connectivity index (χ2n) is 2.98. The Morgan fingerprint density at radius 3 is 2.41 bits per heavy atom. The number of nitrogens with two attached hydrogens (primary N) is 1. The maximum absolute atomic E-state index is 13.6. The van der Waals surface area contributed by atoms with Crippen molar-refractivity contribution < 1.29 is 23.0 Å². The Morgan fingerprint density at radius 1 is 1.35 bits per heavy atom. The molecule has 4 nitrogen and oxygen atoms in total. The van der Waals surface area contributed by atoms with Gasteiger partial charge in [-0.15, -0.1) is 12.4 Å². The molecule has 0 fully saturated rings. The van der Waals surface area contributed by atoms with Gasteiger partial charge in [0.25, 0.3) is 0 Å². The summed E-state index contributed by atoms with van der Waals surface area (Å²) in [6, 6.07) is 0.568. The first-order valence-corrected chi connectivity index (χ1v) is 4.38. The highest BCUT2D eigenvalue weighted by atomic mass is 35.5. The van der Waals surface area contributed by atoms with Gasteiger partial charge in [0.1, 0.15) is 11.9 Å². The zero-order valence-electron chi connectivity index (χ0n) is 9.20. The zero-order valence-corrected chi connectivity index (χ0v) is 10.0. The van der Waals surface area contributed by atoms with E-state index in [1.54, 1.807) is 0 Å². The fourth-order valence-corrected chi connectivity index (χ4v) is 1.24. The van der Waals surface area contributed by atoms with Crippen LogP contribution in [0.1, 0.15) is 11.6 Å². The van der Waals surface area contributed by atoms with Crippen LogP contribution in [0.5, 0.6) is 5.75 Å². The summed E-state index contributed by atoms with van der Waals surface area (Å²) in [5.41, 5.74) is 4.80. The summed E-state index contributed by atoms with van der Waals surface area (Å²) in [6.45, 7) is 0. The second-order valence-corrected chi connectivity index (χ2v) is 2.98. The first-order chi connectivity index (χ1) is 7.52. The molecule has 0 spiro atoms. The van der Waals surface area contributed by atoms with Crippen molar-refractivity contribution in [2.75, 3.05) is 14.2 Å². The van der Waals surface area contributed by atoms with E-state index in [4.69, 9.17) is 5.73 Å². The van der Waals surface area contributed by atoms with Crippen LogP contribution in [-0.2, 0) is 9.53 Å². The maximum atomic E-state index is 13.6. The first kappa shape index (κ1) is 15.6. The molecule has 0 unspecified atom stereocenters. The number of methoxy groups -OCH3 is 2. The van der Waals surface area contributed by atoms with Gasteiger partial charge >= 0.3 is 5.97 Å². The van der Waals surface area contributed by atoms with Crippen molar-refractivity contribution in [1.29, 1.82) is 0 Å². The number of hydrogen-bond acceptors (Lipinski definition) is 4. The summed E-state index contributed by atoms with van der Waals surface area (Å²) in [4.78, 5) is 11.1. The summed E-state index contributed by atoms with van der Waals surface area (Å²) in [5, 5.41) is 0. The normalized spacial score (nSPS) is 11.4. The highest BCUT2D eigenvalue weighted by Crippen LogP contribution is 2.27. The summed E-state index contributed by atoms with van der Waals surface area (Å²) >= 11 is 0. The van der Waals surface area contributed by atoms with E-state index in [0.29, 0.717) is 0 Å². The molecule has 0 bridgehead atoms. The molecule has 0 radical (unpaired) electrons. The van der Waals surface area contributed by atoms with E-state index in [2.05, 4.69) is 9.47 Å². The SMILES string of the molecule is COC(=O)[C@H](N)c1c(F)ccc(OC)c1F.Cl. The van der Waals surface area contributed by atoms with Crippen molar-refractivity contribution in [3.63, 3.8) is 0 Å². The van der Waals surface area contributed by atoms with Gasteiger partial charge in [-0.1, -0.05) is 0 Å². The van der Waals surface area contributed by atoms with E-state index < -0.39 is 29.2 Å². The van der Waals surface area contributed by atoms with Crippen molar-refractivity contribution in [2.24, 2.45) is 5.73 Å². The van der Waals surface area contributed by atoms with Gasteiger partial charge in [0.05, 0.1) is 19.8 Å². The van der Waals surface area contributed by atoms with Crippen molar-refractivity contribution in [3.05, 3.63) is 29.3 Å². The summed E-state index contributed by atoms with van der Waals surface area (Å²) in [5.74, 6) is -3.03. The Balaban J connectivity index is 0.00000256. The van der Waals surface area contributed by atoms with Crippen molar-refractivity contribution in [2.45, 2.75) is 6.04 Å². The number of halogens is 3. The fraction of sp³-hybridized carbons (Fsp3) is 0.300. The molecule has 0 aliphatic rings. The smallest absolute Gasteiger partial charge is 0.327 e. The standard InChI is InChI=1S/C10H11F2NO3.ClH/c1-15-6-4-3-5(11)7(8(6)12)9(13)10(14)16-2;/h3-4,9H,13H2,1-2H3;1H/t9-;/m1./s1. The Hall–Kier alpha value is -1.40. The van der Waals surface area contributed by atoms with Gasteiger partial charge in [-0.2, -0.15) is 0 Å². The minimum atomic E-state index is -1.51. The van der Waals surface area contributed by atoms with Crippen LogP contribution >= 0.6 is 12.4 Å². The van der Waals surface area contributed by atoms with Crippen LogP contribution in [0.25, 0.3) is 0 Å². The number of hydrogen-bond donors (Lipinski definition) is 1. The van der Waals surface area contributed by atoms with Crippen LogP contribution in [0, 0.1) is 11.6 Å². The molecule has 2 N–H and O–H groups in total. The molecule has 0 aliphatic carbocycles. The molecule has 17 heavy (non-hydrogen) atoms. The van der Waals surface area contributed by atoms with Gasteiger partial charge < -0.3 is 15.2 Å². The average molecular weight is 268 g/mol. The molecule has 96 valence electrons. The lowest BCUT2D eigenvalue weighted by molar-refractivity contribution is -0.142. The van der Waals surface area contributed by atoms with Gasteiger partial charge in [-0.05, 0) is 12.1 Å². The van der Waals surface area contributed by atoms with Gasteiger partial charge in [0.2, 0.25) is 0 Å². The number of carbonyl (C=O) groups excluding carboxylic acids is 1. The number of benzene rings is 1. The molecule has 1 rings (SSSR count). The van der Waals surface area contributed by atoms with E-state index >= 15 is 0 Å². The Kier molecular flexibility index (Phi) is 5.84. The van der Waals surface area contributed by atoms with Crippen LogP contribution in [0.3, 0.4) is 0 Å². The molecule has 0 saturated heterocycles. The molecular formula is C10H12ClF2NO3. The van der Waals surface area contributed by atoms with Gasteiger partial charge in [-0.25, -0.2) is 8.78 Å². The van der Waals surface area contributed by atoms with E-state index in [0.717, 1.165) is 19.2 Å². The predicted molar refractivity (Wildman–Crippen MR) is 59.1 cm³/mol. The number of esters is 1. The van der Waals surface area contributed by atoms with Gasteiger partial charge in [-0.3, -0.25) is 4.79 Å². The van der Waals surface area contributed by atoms with Crippen molar-refractivity contribution >= 4 is 18.4 Å².